The van der Waals surface area contributed by atoms with E-state index in [-0.39, 0.29) is 0 Å². The zero-order valence-electron chi connectivity index (χ0n) is 7.20. The molecule has 0 aliphatic heterocycles. The van der Waals surface area contributed by atoms with Crippen LogP contribution in [0.4, 0.5) is 0 Å². The van der Waals surface area contributed by atoms with Gasteiger partial charge in [-0.15, -0.1) is 11.3 Å². The molecule has 13 heavy (non-hydrogen) atoms. The van der Waals surface area contributed by atoms with Crippen LogP contribution in [-0.2, 0) is 11.3 Å². The molecule has 0 saturated heterocycles. The van der Waals surface area contributed by atoms with Gasteiger partial charge in [-0.3, -0.25) is 0 Å². The maximum atomic E-state index is 5.66. The normalized spacial score (nSPS) is 27.2. The van der Waals surface area contributed by atoms with Crippen molar-refractivity contribution in [3.8, 4) is 0 Å². The largest absolute Gasteiger partial charge is 0.373 e. The van der Waals surface area contributed by atoms with Crippen LogP contribution in [0.25, 0.3) is 0 Å². The Kier molecular flexibility index (Phi) is 3.03. The summed E-state index contributed by atoms with van der Waals surface area (Å²) in [6, 6.07) is 4.52. The van der Waals surface area contributed by atoms with E-state index in [1.165, 1.54) is 4.88 Å². The number of hydrogen-bond acceptors (Lipinski definition) is 3. The van der Waals surface area contributed by atoms with Crippen LogP contribution in [0.2, 0.25) is 0 Å². The van der Waals surface area contributed by atoms with E-state index in [2.05, 4.69) is 28.1 Å². The second-order valence-electron chi connectivity index (χ2n) is 3.37. The molecule has 1 aromatic heterocycles. The average Bonchev–Trinajstić information content (AvgIpc) is 2.43. The molecule has 1 aromatic rings. The highest BCUT2D eigenvalue weighted by Crippen LogP contribution is 2.26. The predicted octanol–water partition coefficient (Wildman–Crippen LogP) is 2.52. The Morgan fingerprint density at radius 1 is 1.54 bits per heavy atom. The van der Waals surface area contributed by atoms with Crippen molar-refractivity contribution in [3.63, 3.8) is 0 Å². The number of halogens is 1. The summed E-state index contributed by atoms with van der Waals surface area (Å²) in [6.07, 6.45) is 2.44. The highest BCUT2D eigenvalue weighted by molar-refractivity contribution is 9.11. The number of nitrogens with two attached hydrogens (primary N) is 1. The van der Waals surface area contributed by atoms with E-state index in [1.54, 1.807) is 11.3 Å². The molecular formula is C9H12BrNOS. The third-order valence-corrected chi connectivity index (χ3v) is 3.82. The van der Waals surface area contributed by atoms with Crippen molar-refractivity contribution in [2.75, 3.05) is 0 Å². The number of hydrogen-bond donors (Lipinski definition) is 1. The van der Waals surface area contributed by atoms with Crippen LogP contribution >= 0.6 is 27.3 Å². The molecule has 2 rings (SSSR count). The highest BCUT2D eigenvalue weighted by Gasteiger charge is 2.26. The lowest BCUT2D eigenvalue weighted by atomic mass is 9.90. The van der Waals surface area contributed by atoms with E-state index < -0.39 is 0 Å². The zero-order valence-corrected chi connectivity index (χ0v) is 9.61. The van der Waals surface area contributed by atoms with Crippen LogP contribution in [0.15, 0.2) is 15.9 Å². The summed E-state index contributed by atoms with van der Waals surface area (Å²) in [5.41, 5.74) is 5.66. The van der Waals surface area contributed by atoms with Crippen LogP contribution < -0.4 is 5.73 Å². The molecule has 2 nitrogen and oxygen atoms in total. The maximum Gasteiger partial charge on any atom is 0.0813 e. The van der Waals surface area contributed by atoms with Crippen molar-refractivity contribution < 1.29 is 4.74 Å². The number of ether oxygens (including phenoxy) is 1. The monoisotopic (exact) mass is 261 g/mol. The molecule has 0 aromatic carbocycles. The number of thiophene rings is 1. The minimum Gasteiger partial charge on any atom is -0.373 e. The molecule has 72 valence electrons. The molecule has 1 fully saturated rings. The average molecular weight is 262 g/mol. The summed E-state index contributed by atoms with van der Waals surface area (Å²) in [5.74, 6) is 0. The summed E-state index contributed by atoms with van der Waals surface area (Å²) in [5, 5.41) is 0. The Morgan fingerprint density at radius 3 is 2.85 bits per heavy atom. The molecule has 0 spiro atoms. The van der Waals surface area contributed by atoms with Crippen molar-refractivity contribution >= 4 is 27.3 Å². The van der Waals surface area contributed by atoms with Gasteiger partial charge >= 0.3 is 0 Å². The van der Waals surface area contributed by atoms with E-state index in [0.717, 1.165) is 23.2 Å². The molecule has 4 heteroatoms. The first-order valence-corrected chi connectivity index (χ1v) is 5.96. The van der Waals surface area contributed by atoms with E-state index in [0.29, 0.717) is 12.1 Å². The Bertz CT molecular complexity index is 283. The van der Waals surface area contributed by atoms with Crippen LogP contribution in [0.3, 0.4) is 0 Å². The van der Waals surface area contributed by atoms with E-state index in [9.17, 15) is 0 Å². The molecule has 0 atom stereocenters. The fraction of sp³-hybridized carbons (Fsp3) is 0.556. The van der Waals surface area contributed by atoms with Gasteiger partial charge in [0.25, 0.3) is 0 Å². The van der Waals surface area contributed by atoms with Crippen molar-refractivity contribution in [1.82, 2.24) is 0 Å². The van der Waals surface area contributed by atoms with E-state index in [1.807, 2.05) is 0 Å². The van der Waals surface area contributed by atoms with Gasteiger partial charge in [-0.25, -0.2) is 0 Å². The van der Waals surface area contributed by atoms with Gasteiger partial charge in [0.2, 0.25) is 0 Å². The van der Waals surface area contributed by atoms with Gasteiger partial charge < -0.3 is 10.5 Å². The molecule has 1 aliphatic carbocycles. The van der Waals surface area contributed by atoms with Crippen molar-refractivity contribution in [2.24, 2.45) is 5.73 Å². The Labute approximate surface area is 90.2 Å². The highest BCUT2D eigenvalue weighted by atomic mass is 79.9. The van der Waals surface area contributed by atoms with Gasteiger partial charge in [0.1, 0.15) is 0 Å². The van der Waals surface area contributed by atoms with Gasteiger partial charge in [-0.2, -0.15) is 0 Å². The lowest BCUT2D eigenvalue weighted by Crippen LogP contribution is -2.41. The fourth-order valence-electron chi connectivity index (χ4n) is 1.37. The minimum atomic E-state index is 0.375. The molecule has 1 heterocycles. The second-order valence-corrected chi connectivity index (χ2v) is 5.92. The van der Waals surface area contributed by atoms with Crippen LogP contribution in [0.1, 0.15) is 17.7 Å². The summed E-state index contributed by atoms with van der Waals surface area (Å²) < 4.78 is 6.82. The minimum absolute atomic E-state index is 0.375. The Balaban J connectivity index is 1.74. The molecule has 1 aliphatic rings. The second kappa shape index (κ2) is 4.09. The standard InChI is InChI=1S/C9H12BrNOS/c10-9-2-1-8(13-9)5-12-7-3-6(11)4-7/h1-2,6-7H,3-5,11H2. The molecule has 1 saturated carbocycles. The van der Waals surface area contributed by atoms with Crippen molar-refractivity contribution in [2.45, 2.75) is 31.6 Å². The lowest BCUT2D eigenvalue weighted by Gasteiger charge is -2.31. The van der Waals surface area contributed by atoms with E-state index in [4.69, 9.17) is 10.5 Å². The van der Waals surface area contributed by atoms with Crippen molar-refractivity contribution in [3.05, 3.63) is 20.8 Å². The van der Waals surface area contributed by atoms with Crippen LogP contribution in [-0.4, -0.2) is 12.1 Å². The quantitative estimate of drug-likeness (QED) is 0.908. The van der Waals surface area contributed by atoms with Gasteiger partial charge in [0.05, 0.1) is 16.5 Å². The number of rotatable bonds is 3. The summed E-state index contributed by atoms with van der Waals surface area (Å²) in [7, 11) is 0. The van der Waals surface area contributed by atoms with Gasteiger partial charge in [0.15, 0.2) is 0 Å². The smallest absolute Gasteiger partial charge is 0.0813 e. The van der Waals surface area contributed by atoms with Crippen LogP contribution in [0.5, 0.6) is 0 Å². The van der Waals surface area contributed by atoms with E-state index >= 15 is 0 Å². The summed E-state index contributed by atoms with van der Waals surface area (Å²) in [4.78, 5) is 1.27. The Hall–Kier alpha value is 0.1000. The zero-order chi connectivity index (χ0) is 9.26. The first-order valence-electron chi connectivity index (χ1n) is 4.35. The predicted molar refractivity (Wildman–Crippen MR) is 57.8 cm³/mol. The molecule has 0 amide bonds. The first kappa shape index (κ1) is 9.65. The van der Waals surface area contributed by atoms with Crippen LogP contribution in [0, 0.1) is 0 Å². The Morgan fingerprint density at radius 2 is 2.31 bits per heavy atom. The topological polar surface area (TPSA) is 35.2 Å². The third kappa shape index (κ3) is 2.53. The first-order chi connectivity index (χ1) is 6.24. The van der Waals surface area contributed by atoms with Gasteiger partial charge in [-0.05, 0) is 40.9 Å². The third-order valence-electron chi connectivity index (χ3n) is 2.22. The lowest BCUT2D eigenvalue weighted by molar-refractivity contribution is -0.0177. The SMILES string of the molecule is NC1CC(OCc2ccc(Br)s2)C1. The summed E-state index contributed by atoms with van der Waals surface area (Å²) in [6.45, 7) is 0.730. The summed E-state index contributed by atoms with van der Waals surface area (Å²) >= 11 is 5.15. The van der Waals surface area contributed by atoms with Crippen molar-refractivity contribution in [1.29, 1.82) is 0 Å². The fourth-order valence-corrected chi connectivity index (χ4v) is 2.78. The molecule has 0 radical (unpaired) electrons. The van der Waals surface area contributed by atoms with Gasteiger partial charge in [-0.1, -0.05) is 0 Å². The molecular weight excluding hydrogens is 250 g/mol. The maximum absolute atomic E-state index is 5.66. The molecule has 0 bridgehead atoms. The molecule has 0 unspecified atom stereocenters. The van der Waals surface area contributed by atoms with Gasteiger partial charge in [0, 0.05) is 10.9 Å². The molecule has 2 N–H and O–H groups in total.